The Hall–Kier alpha value is -3.66. The molecule has 2 amide bonds. The van der Waals surface area contributed by atoms with Gasteiger partial charge >= 0.3 is 12.1 Å². The fourth-order valence-corrected chi connectivity index (χ4v) is 5.64. The Morgan fingerprint density at radius 1 is 1.03 bits per heavy atom. The second-order valence-electron chi connectivity index (χ2n) is 10.1. The molecule has 10 heteroatoms. The van der Waals surface area contributed by atoms with E-state index in [0.29, 0.717) is 38.3 Å². The summed E-state index contributed by atoms with van der Waals surface area (Å²) in [5.74, 6) is -1.72. The third kappa shape index (κ3) is 4.36. The Bertz CT molecular complexity index is 1410. The second kappa shape index (κ2) is 9.27. The molecule has 0 saturated carbocycles. The number of likely N-dealkylation sites (tertiary alicyclic amines) is 1. The summed E-state index contributed by atoms with van der Waals surface area (Å²) in [6, 6.07) is 15.6. The number of benzene rings is 2. The molecule has 3 aliphatic heterocycles. The Morgan fingerprint density at radius 3 is 2.47 bits per heavy atom. The highest BCUT2D eigenvalue weighted by atomic mass is 19.4. The van der Waals surface area contributed by atoms with Crippen LogP contribution >= 0.6 is 0 Å². The maximum atomic E-state index is 13.7. The number of amides is 2. The zero-order chi connectivity index (χ0) is 26.5. The zero-order valence-corrected chi connectivity index (χ0v) is 20.5. The van der Waals surface area contributed by atoms with Crippen LogP contribution in [0.1, 0.15) is 24.8 Å². The van der Waals surface area contributed by atoms with E-state index in [-0.39, 0.29) is 31.5 Å². The van der Waals surface area contributed by atoms with Crippen molar-refractivity contribution in [1.82, 2.24) is 9.80 Å². The van der Waals surface area contributed by atoms with Crippen LogP contribution in [0.15, 0.2) is 64.2 Å². The summed E-state index contributed by atoms with van der Waals surface area (Å²) in [4.78, 5) is 32.8. The van der Waals surface area contributed by atoms with Crippen molar-refractivity contribution in [2.75, 3.05) is 32.8 Å². The van der Waals surface area contributed by atoms with E-state index in [1.54, 1.807) is 11.2 Å². The van der Waals surface area contributed by atoms with Gasteiger partial charge in [-0.05, 0) is 41.7 Å². The van der Waals surface area contributed by atoms with E-state index in [9.17, 15) is 22.8 Å². The molecule has 2 aromatic carbocycles. The summed E-state index contributed by atoms with van der Waals surface area (Å²) in [5.41, 5.74) is 2.66. The Morgan fingerprint density at radius 2 is 1.74 bits per heavy atom. The Kier molecular flexibility index (Phi) is 6.02. The van der Waals surface area contributed by atoms with E-state index in [2.05, 4.69) is 0 Å². The summed E-state index contributed by atoms with van der Waals surface area (Å²) in [5, 5.41) is 1.000. The predicted octanol–water partition coefficient (Wildman–Crippen LogP) is 4.65. The molecule has 0 unspecified atom stereocenters. The van der Waals surface area contributed by atoms with Crippen molar-refractivity contribution < 1.29 is 31.9 Å². The lowest BCUT2D eigenvalue weighted by Gasteiger charge is -2.30. The van der Waals surface area contributed by atoms with E-state index in [0.717, 1.165) is 32.6 Å². The highest BCUT2D eigenvalue weighted by molar-refractivity contribution is 6.15. The number of aliphatic imine (C=N–C) groups is 1. The molecule has 1 atom stereocenters. The van der Waals surface area contributed by atoms with Crippen LogP contribution in [-0.4, -0.2) is 72.0 Å². The van der Waals surface area contributed by atoms with Crippen LogP contribution in [0.5, 0.6) is 0 Å². The molecule has 7 nitrogen and oxygen atoms in total. The summed E-state index contributed by atoms with van der Waals surface area (Å²) in [7, 11) is 0. The van der Waals surface area contributed by atoms with Crippen molar-refractivity contribution in [2.24, 2.45) is 10.9 Å². The number of fused-ring (bicyclic) bond motifs is 1. The van der Waals surface area contributed by atoms with Crippen LogP contribution in [0, 0.1) is 5.92 Å². The number of hydrogen-bond donors (Lipinski definition) is 0. The molecule has 1 aromatic heterocycles. The molecule has 0 bridgehead atoms. The number of amidine groups is 1. The molecular formula is C28H26F3N3O4. The van der Waals surface area contributed by atoms with Gasteiger partial charge in [0.15, 0.2) is 0 Å². The normalized spacial score (nSPS) is 21.5. The first-order valence-electron chi connectivity index (χ1n) is 12.7. The van der Waals surface area contributed by atoms with Gasteiger partial charge in [0.05, 0.1) is 6.26 Å². The quantitative estimate of drug-likeness (QED) is 0.497. The average Bonchev–Trinajstić information content (AvgIpc) is 3.64. The molecule has 0 N–H and O–H groups in total. The number of rotatable bonds is 4. The van der Waals surface area contributed by atoms with Gasteiger partial charge in [0.1, 0.15) is 17.0 Å². The van der Waals surface area contributed by atoms with Crippen molar-refractivity contribution in [3.8, 4) is 11.1 Å². The lowest BCUT2D eigenvalue weighted by molar-refractivity contribution is -0.184. The number of carbonyl (C=O) groups excluding carboxylic acids is 2. The van der Waals surface area contributed by atoms with Crippen LogP contribution < -0.4 is 0 Å². The van der Waals surface area contributed by atoms with Gasteiger partial charge in [-0.3, -0.25) is 19.5 Å². The molecule has 0 aliphatic carbocycles. The summed E-state index contributed by atoms with van der Waals surface area (Å²) >= 11 is 0. The fraction of sp³-hybridized carbons (Fsp3) is 0.393. The highest BCUT2D eigenvalue weighted by Crippen LogP contribution is 2.36. The van der Waals surface area contributed by atoms with Gasteiger partial charge in [-0.2, -0.15) is 13.2 Å². The first kappa shape index (κ1) is 24.7. The number of ether oxygens (including phenoxy) is 1. The Balaban J connectivity index is 1.26. The van der Waals surface area contributed by atoms with E-state index < -0.39 is 17.6 Å². The molecule has 3 aromatic rings. The maximum Gasteiger partial charge on any atom is 0.471 e. The van der Waals surface area contributed by atoms with Crippen LogP contribution in [0.25, 0.3) is 22.1 Å². The molecule has 3 aliphatic rings. The maximum absolute atomic E-state index is 13.7. The van der Waals surface area contributed by atoms with Gasteiger partial charge in [-0.15, -0.1) is 0 Å². The third-order valence-electron chi connectivity index (χ3n) is 7.72. The number of alkyl halides is 3. The van der Waals surface area contributed by atoms with Gasteiger partial charge in [0.2, 0.25) is 0 Å². The number of hydrogen-bond acceptors (Lipinski definition) is 5. The minimum absolute atomic E-state index is 0.0200. The van der Waals surface area contributed by atoms with Crippen molar-refractivity contribution in [1.29, 1.82) is 0 Å². The van der Waals surface area contributed by atoms with E-state index in [4.69, 9.17) is 14.1 Å². The molecular weight excluding hydrogens is 499 g/mol. The van der Waals surface area contributed by atoms with Gasteiger partial charge in [0, 0.05) is 56.6 Å². The van der Waals surface area contributed by atoms with E-state index in [1.807, 2.05) is 48.5 Å². The zero-order valence-electron chi connectivity index (χ0n) is 20.5. The fourth-order valence-electron chi connectivity index (χ4n) is 5.64. The van der Waals surface area contributed by atoms with Gasteiger partial charge < -0.3 is 14.1 Å². The molecule has 38 heavy (non-hydrogen) atoms. The van der Waals surface area contributed by atoms with Gasteiger partial charge in [-0.25, -0.2) is 0 Å². The largest absolute Gasteiger partial charge is 0.471 e. The van der Waals surface area contributed by atoms with Crippen LogP contribution in [0.2, 0.25) is 0 Å². The number of halogens is 3. The van der Waals surface area contributed by atoms with Crippen LogP contribution in [0.3, 0.4) is 0 Å². The predicted molar refractivity (Wildman–Crippen MR) is 133 cm³/mol. The summed E-state index contributed by atoms with van der Waals surface area (Å²) in [6.45, 7) is 1.03. The molecule has 1 spiro atoms. The first-order chi connectivity index (χ1) is 18.2. The first-order valence-corrected chi connectivity index (χ1v) is 12.7. The second-order valence-corrected chi connectivity index (χ2v) is 10.1. The molecule has 6 rings (SSSR count). The average molecular weight is 526 g/mol. The summed E-state index contributed by atoms with van der Waals surface area (Å²) in [6.07, 6.45) is -1.95. The van der Waals surface area contributed by atoms with E-state index in [1.165, 1.54) is 0 Å². The molecule has 2 saturated heterocycles. The monoisotopic (exact) mass is 525 g/mol. The molecule has 2 fully saturated rings. The minimum atomic E-state index is -4.90. The summed E-state index contributed by atoms with van der Waals surface area (Å²) < 4.78 is 49.7. The van der Waals surface area contributed by atoms with E-state index >= 15 is 0 Å². The number of carbonyl (C=O) groups is 2. The standard InChI is InChI=1S/C28H26F3N3O4/c29-28(30,31)26(36)33-11-7-18(16-33)17-34-24(32-27(25(34)35)9-13-37-14-10-27)20-3-1-19(2-4-20)21-5-6-23-22(15-21)8-12-38-23/h1-6,8,12,15,18H,7,9-11,13-14,16-17H2/t18-/m1/s1. The lowest BCUT2D eigenvalue weighted by Crippen LogP contribution is -2.47. The van der Waals surface area contributed by atoms with Crippen molar-refractivity contribution in [2.45, 2.75) is 31.0 Å². The van der Waals surface area contributed by atoms with Crippen LogP contribution in [0.4, 0.5) is 13.2 Å². The van der Waals surface area contributed by atoms with Crippen molar-refractivity contribution in [3.05, 3.63) is 60.4 Å². The molecule has 198 valence electrons. The molecule has 0 radical (unpaired) electrons. The van der Waals surface area contributed by atoms with Crippen molar-refractivity contribution in [3.63, 3.8) is 0 Å². The minimum Gasteiger partial charge on any atom is -0.464 e. The third-order valence-corrected chi connectivity index (χ3v) is 7.72. The van der Waals surface area contributed by atoms with Gasteiger partial charge in [0.25, 0.3) is 5.91 Å². The van der Waals surface area contributed by atoms with Gasteiger partial charge in [-0.1, -0.05) is 30.3 Å². The number of furan rings is 1. The Labute approximate surface area is 216 Å². The number of nitrogens with zero attached hydrogens (tertiary/aromatic N) is 3. The topological polar surface area (TPSA) is 75.4 Å². The lowest BCUT2D eigenvalue weighted by atomic mass is 9.90. The smallest absolute Gasteiger partial charge is 0.464 e. The van der Waals surface area contributed by atoms with Crippen molar-refractivity contribution >= 4 is 28.6 Å². The molecule has 4 heterocycles. The SMILES string of the molecule is O=C(N1CC[C@@H](CN2C(=O)C3(CCOCC3)N=C2c2ccc(-c3ccc4occc4c3)cc2)C1)C(F)(F)F. The van der Waals surface area contributed by atoms with Crippen LogP contribution in [-0.2, 0) is 14.3 Å². The highest BCUT2D eigenvalue weighted by Gasteiger charge is 2.50.